The molecular weight excluding hydrogens is 413 g/mol. The first-order valence-electron chi connectivity index (χ1n) is 10.7. The molecule has 32 heavy (non-hydrogen) atoms. The predicted octanol–water partition coefficient (Wildman–Crippen LogP) is 1.78. The molecule has 0 saturated carbocycles. The van der Waals surface area contributed by atoms with E-state index in [1.807, 2.05) is 31.2 Å². The van der Waals surface area contributed by atoms with Crippen LogP contribution in [0.1, 0.15) is 38.7 Å². The Labute approximate surface area is 184 Å². The summed E-state index contributed by atoms with van der Waals surface area (Å²) in [4.78, 5) is 29.1. The number of alkyl halides is 1. The summed E-state index contributed by atoms with van der Waals surface area (Å²) in [5.41, 5.74) is 3.41. The molecule has 0 spiro atoms. The second-order valence-corrected chi connectivity index (χ2v) is 8.40. The summed E-state index contributed by atoms with van der Waals surface area (Å²) in [5.74, 6) is -0.517. The number of hydrogen-bond donors (Lipinski definition) is 0. The first-order valence-corrected chi connectivity index (χ1v) is 10.7. The molecule has 3 aromatic rings. The number of nitrogens with zero attached hydrogens (tertiary/aromatic N) is 7. The molecule has 1 aromatic carbocycles. The molecule has 1 saturated heterocycles. The second-order valence-electron chi connectivity index (χ2n) is 8.40. The maximum Gasteiger partial charge on any atom is 0.280 e. The number of carbonyl (C=O) groups is 2. The van der Waals surface area contributed by atoms with Crippen LogP contribution in [0.5, 0.6) is 0 Å². The number of para-hydroxylation sites is 1. The zero-order valence-corrected chi connectivity index (χ0v) is 18.0. The number of fused-ring (bicyclic) bond motifs is 1. The van der Waals surface area contributed by atoms with Gasteiger partial charge in [-0.25, -0.2) is 9.07 Å². The van der Waals surface area contributed by atoms with Crippen molar-refractivity contribution in [2.75, 3.05) is 18.0 Å². The molecule has 9 nitrogen and oxygen atoms in total. The van der Waals surface area contributed by atoms with Gasteiger partial charge >= 0.3 is 0 Å². The summed E-state index contributed by atoms with van der Waals surface area (Å²) in [7, 11) is 1.76. The lowest BCUT2D eigenvalue weighted by Gasteiger charge is -2.23. The number of hydrogen-bond acceptors (Lipinski definition) is 5. The number of rotatable bonds is 4. The summed E-state index contributed by atoms with van der Waals surface area (Å²) in [6.45, 7) is 2.73. The maximum atomic E-state index is 14.2. The Morgan fingerprint density at radius 1 is 1.19 bits per heavy atom. The van der Waals surface area contributed by atoms with Gasteiger partial charge in [-0.2, -0.15) is 5.10 Å². The van der Waals surface area contributed by atoms with E-state index in [0.29, 0.717) is 12.2 Å². The summed E-state index contributed by atoms with van der Waals surface area (Å²) >= 11 is 0. The van der Waals surface area contributed by atoms with Crippen LogP contribution in [-0.4, -0.2) is 66.8 Å². The van der Waals surface area contributed by atoms with Gasteiger partial charge in [-0.15, -0.1) is 5.10 Å². The van der Waals surface area contributed by atoms with Crippen molar-refractivity contribution in [1.82, 2.24) is 29.7 Å². The van der Waals surface area contributed by atoms with E-state index in [4.69, 9.17) is 0 Å². The number of likely N-dealkylation sites (tertiary alicyclic amines) is 1. The van der Waals surface area contributed by atoms with E-state index in [0.717, 1.165) is 23.4 Å². The highest BCUT2D eigenvalue weighted by Gasteiger charge is 2.37. The number of halogens is 1. The van der Waals surface area contributed by atoms with E-state index in [2.05, 4.69) is 15.4 Å². The highest BCUT2D eigenvalue weighted by atomic mass is 19.1. The molecule has 2 amide bonds. The van der Waals surface area contributed by atoms with E-state index >= 15 is 0 Å². The number of carbonyl (C=O) groups excluding carboxylic acids is 2. The quantitative estimate of drug-likeness (QED) is 0.621. The average Bonchev–Trinajstić information content (AvgIpc) is 3.55. The number of anilines is 1. The molecule has 10 heteroatoms. The Bertz CT molecular complexity index is 1170. The zero-order valence-electron chi connectivity index (χ0n) is 18.0. The van der Waals surface area contributed by atoms with Crippen LogP contribution in [0.15, 0.2) is 36.5 Å². The number of benzene rings is 1. The van der Waals surface area contributed by atoms with Gasteiger partial charge in [-0.3, -0.25) is 14.3 Å². The summed E-state index contributed by atoms with van der Waals surface area (Å²) in [6, 6.07) is 9.11. The molecule has 0 unspecified atom stereocenters. The van der Waals surface area contributed by atoms with Crippen LogP contribution in [0.4, 0.5) is 10.1 Å². The number of aromatic nitrogens is 5. The van der Waals surface area contributed by atoms with E-state index in [1.54, 1.807) is 28.9 Å². The van der Waals surface area contributed by atoms with Gasteiger partial charge in [0.1, 0.15) is 6.17 Å². The van der Waals surface area contributed by atoms with Gasteiger partial charge in [-0.05, 0) is 31.0 Å². The third kappa shape index (κ3) is 3.55. The molecule has 0 N–H and O–H groups in total. The minimum atomic E-state index is -1.11. The third-order valence-corrected chi connectivity index (χ3v) is 6.25. The van der Waals surface area contributed by atoms with Gasteiger partial charge in [0.25, 0.3) is 11.8 Å². The van der Waals surface area contributed by atoms with Crippen molar-refractivity contribution in [3.05, 3.63) is 59.2 Å². The van der Waals surface area contributed by atoms with Crippen molar-refractivity contribution >= 4 is 17.5 Å². The number of amides is 2. The van der Waals surface area contributed by atoms with Crippen molar-refractivity contribution < 1.29 is 14.0 Å². The van der Waals surface area contributed by atoms with Gasteiger partial charge in [0.15, 0.2) is 11.4 Å². The van der Waals surface area contributed by atoms with Gasteiger partial charge in [0.05, 0.1) is 25.3 Å². The second kappa shape index (κ2) is 7.85. The molecule has 0 bridgehead atoms. The summed E-state index contributed by atoms with van der Waals surface area (Å²) < 4.78 is 17.4. The molecule has 2 aliphatic heterocycles. The standard InChI is InChI=1S/C22H24FN7O2/c1-14-9-18(25-27(14)2)21(31)30-11-16(23)10-17(30)12-28-13-19(24-26-28)22(32)29-8-7-15-5-3-4-6-20(15)29/h3-6,9,13,16-17H,7-8,10-12H2,1-2H3/t16-,17-/m0/s1. The monoisotopic (exact) mass is 437 g/mol. The van der Waals surface area contributed by atoms with Crippen LogP contribution >= 0.6 is 0 Å². The predicted molar refractivity (Wildman–Crippen MR) is 114 cm³/mol. The van der Waals surface area contributed by atoms with E-state index in [1.165, 1.54) is 9.58 Å². The molecule has 0 radical (unpaired) electrons. The SMILES string of the molecule is Cc1cc(C(=O)N2C[C@@H](F)C[C@H]2Cn2cc(C(=O)N3CCc4ccccc43)nn2)nn1C. The highest BCUT2D eigenvalue weighted by molar-refractivity contribution is 6.05. The Hall–Kier alpha value is -3.56. The van der Waals surface area contributed by atoms with Crippen LogP contribution in [-0.2, 0) is 20.0 Å². The average molecular weight is 437 g/mol. The molecule has 4 heterocycles. The minimum Gasteiger partial charge on any atom is -0.329 e. The van der Waals surface area contributed by atoms with Crippen LogP contribution < -0.4 is 4.90 Å². The molecular formula is C22H24FN7O2. The van der Waals surface area contributed by atoms with Crippen LogP contribution in [0.3, 0.4) is 0 Å². The van der Waals surface area contributed by atoms with E-state index in [-0.39, 0.29) is 37.0 Å². The zero-order chi connectivity index (χ0) is 22.4. The Morgan fingerprint density at radius 3 is 2.78 bits per heavy atom. The van der Waals surface area contributed by atoms with Gasteiger partial charge in [-0.1, -0.05) is 23.4 Å². The van der Waals surface area contributed by atoms with E-state index < -0.39 is 12.2 Å². The summed E-state index contributed by atoms with van der Waals surface area (Å²) in [5, 5.41) is 12.4. The van der Waals surface area contributed by atoms with Gasteiger partial charge in [0.2, 0.25) is 0 Å². The third-order valence-electron chi connectivity index (χ3n) is 6.25. The maximum absolute atomic E-state index is 14.2. The Balaban J connectivity index is 1.31. The molecule has 2 aliphatic rings. The topological polar surface area (TPSA) is 89.2 Å². The van der Waals surface area contributed by atoms with Crippen molar-refractivity contribution in [3.63, 3.8) is 0 Å². The fourth-order valence-electron chi connectivity index (χ4n) is 4.48. The molecule has 5 rings (SSSR count). The lowest BCUT2D eigenvalue weighted by atomic mass is 10.2. The lowest BCUT2D eigenvalue weighted by Crippen LogP contribution is -2.38. The summed E-state index contributed by atoms with van der Waals surface area (Å²) in [6.07, 6.45) is 1.47. The Kier molecular flexibility index (Phi) is 4.99. The van der Waals surface area contributed by atoms with Gasteiger partial charge in [0, 0.05) is 31.4 Å². The molecule has 166 valence electrons. The molecule has 2 atom stereocenters. The molecule has 1 fully saturated rings. The van der Waals surface area contributed by atoms with Crippen molar-refractivity contribution in [2.24, 2.45) is 7.05 Å². The van der Waals surface area contributed by atoms with E-state index in [9.17, 15) is 14.0 Å². The first-order chi connectivity index (χ1) is 15.4. The van der Waals surface area contributed by atoms with Crippen molar-refractivity contribution in [3.8, 4) is 0 Å². The first kappa shape index (κ1) is 20.3. The largest absolute Gasteiger partial charge is 0.329 e. The fraction of sp³-hybridized carbons (Fsp3) is 0.409. The minimum absolute atomic E-state index is 0.0180. The van der Waals surface area contributed by atoms with Crippen LogP contribution in [0, 0.1) is 6.92 Å². The molecule has 0 aliphatic carbocycles. The molecule has 2 aromatic heterocycles. The lowest BCUT2D eigenvalue weighted by molar-refractivity contribution is 0.0707. The number of aryl methyl sites for hydroxylation is 2. The van der Waals surface area contributed by atoms with Crippen LogP contribution in [0.25, 0.3) is 0 Å². The Morgan fingerprint density at radius 2 is 2.00 bits per heavy atom. The normalized spacial score (nSPS) is 20.1. The van der Waals surface area contributed by atoms with Crippen molar-refractivity contribution in [2.45, 2.75) is 38.5 Å². The fourth-order valence-corrected chi connectivity index (χ4v) is 4.48. The smallest absolute Gasteiger partial charge is 0.280 e. The highest BCUT2D eigenvalue weighted by Crippen LogP contribution is 2.29. The van der Waals surface area contributed by atoms with Gasteiger partial charge < -0.3 is 9.80 Å². The van der Waals surface area contributed by atoms with Crippen molar-refractivity contribution in [1.29, 1.82) is 0 Å². The van der Waals surface area contributed by atoms with Crippen LogP contribution in [0.2, 0.25) is 0 Å².